The Morgan fingerprint density at radius 3 is 2.83 bits per heavy atom. The van der Waals surface area contributed by atoms with Gasteiger partial charge < -0.3 is 10.6 Å². The molecule has 1 aliphatic heterocycles. The van der Waals surface area contributed by atoms with E-state index in [0.29, 0.717) is 6.04 Å². The molecule has 2 aromatic rings. The zero-order valence-corrected chi connectivity index (χ0v) is 10.9. The summed E-state index contributed by atoms with van der Waals surface area (Å²) in [6, 6.07) is 13.9. The number of hydrogen-bond acceptors (Lipinski definition) is 2. The van der Waals surface area contributed by atoms with Crippen LogP contribution in [0.4, 0.5) is 5.69 Å². The molecular weight excluding hydrogens is 220 g/mol. The number of anilines is 1. The van der Waals surface area contributed by atoms with Gasteiger partial charge in [0.1, 0.15) is 0 Å². The molecule has 1 heterocycles. The molecular formula is C16H20N2. The lowest BCUT2D eigenvalue weighted by atomic mass is 10.1. The Morgan fingerprint density at radius 1 is 1.17 bits per heavy atom. The number of hydrogen-bond donors (Lipinski definition) is 2. The average molecular weight is 240 g/mol. The van der Waals surface area contributed by atoms with Gasteiger partial charge in [0.05, 0.1) is 0 Å². The molecule has 0 spiro atoms. The third-order valence-electron chi connectivity index (χ3n) is 3.71. The van der Waals surface area contributed by atoms with Gasteiger partial charge in [0.2, 0.25) is 0 Å². The van der Waals surface area contributed by atoms with E-state index >= 15 is 0 Å². The Kier molecular flexibility index (Phi) is 3.20. The normalized spacial score (nSPS) is 19.3. The van der Waals surface area contributed by atoms with Crippen molar-refractivity contribution in [1.29, 1.82) is 0 Å². The minimum Gasteiger partial charge on any atom is -0.383 e. The van der Waals surface area contributed by atoms with Crippen LogP contribution in [0.1, 0.15) is 18.4 Å². The largest absolute Gasteiger partial charge is 0.383 e. The summed E-state index contributed by atoms with van der Waals surface area (Å²) >= 11 is 0. The maximum atomic E-state index is 3.53. The van der Waals surface area contributed by atoms with Gasteiger partial charge >= 0.3 is 0 Å². The molecule has 0 aliphatic carbocycles. The van der Waals surface area contributed by atoms with E-state index in [1.807, 2.05) is 0 Å². The van der Waals surface area contributed by atoms with E-state index in [9.17, 15) is 0 Å². The Morgan fingerprint density at radius 2 is 2.00 bits per heavy atom. The molecule has 0 bridgehead atoms. The highest BCUT2D eigenvalue weighted by Gasteiger charge is 2.12. The quantitative estimate of drug-likeness (QED) is 0.860. The first-order chi connectivity index (χ1) is 8.81. The van der Waals surface area contributed by atoms with Gasteiger partial charge in [-0.25, -0.2) is 0 Å². The molecule has 3 rings (SSSR count). The average Bonchev–Trinajstić information content (AvgIpc) is 2.89. The van der Waals surface area contributed by atoms with Crippen molar-refractivity contribution in [3.8, 4) is 0 Å². The molecule has 1 atom stereocenters. The van der Waals surface area contributed by atoms with E-state index in [1.165, 1.54) is 41.4 Å². The van der Waals surface area contributed by atoms with Crippen LogP contribution in [0, 0.1) is 6.92 Å². The van der Waals surface area contributed by atoms with Gasteiger partial charge in [-0.2, -0.15) is 0 Å². The zero-order valence-electron chi connectivity index (χ0n) is 10.9. The summed E-state index contributed by atoms with van der Waals surface area (Å²) in [6.45, 7) is 4.33. The number of aryl methyl sites for hydroxylation is 1. The summed E-state index contributed by atoms with van der Waals surface area (Å²) in [6.07, 6.45) is 2.60. The monoisotopic (exact) mass is 240 g/mol. The molecule has 2 aromatic carbocycles. The molecule has 2 nitrogen and oxygen atoms in total. The van der Waals surface area contributed by atoms with E-state index in [1.54, 1.807) is 0 Å². The molecule has 2 heteroatoms. The molecule has 2 N–H and O–H groups in total. The highest BCUT2D eigenvalue weighted by Crippen LogP contribution is 2.20. The van der Waals surface area contributed by atoms with Crippen LogP contribution < -0.4 is 10.6 Å². The minimum absolute atomic E-state index is 0.638. The van der Waals surface area contributed by atoms with Crippen molar-refractivity contribution in [3.05, 3.63) is 42.0 Å². The van der Waals surface area contributed by atoms with Crippen molar-refractivity contribution in [1.82, 2.24) is 5.32 Å². The van der Waals surface area contributed by atoms with Crippen molar-refractivity contribution < 1.29 is 0 Å². The topological polar surface area (TPSA) is 24.1 Å². The zero-order chi connectivity index (χ0) is 12.4. The molecule has 1 fully saturated rings. The second-order valence-electron chi connectivity index (χ2n) is 5.24. The second kappa shape index (κ2) is 4.99. The first-order valence-corrected chi connectivity index (χ1v) is 6.79. The van der Waals surface area contributed by atoms with Crippen LogP contribution in [-0.4, -0.2) is 19.1 Å². The lowest BCUT2D eigenvalue weighted by Crippen LogP contribution is -2.29. The first-order valence-electron chi connectivity index (χ1n) is 6.79. The molecule has 18 heavy (non-hydrogen) atoms. The highest BCUT2D eigenvalue weighted by molar-refractivity contribution is 5.86. The van der Waals surface area contributed by atoms with Crippen LogP contribution in [0.2, 0.25) is 0 Å². The van der Waals surface area contributed by atoms with Crippen LogP contribution in [0.3, 0.4) is 0 Å². The van der Waals surface area contributed by atoms with Crippen LogP contribution in [-0.2, 0) is 0 Å². The number of fused-ring (bicyclic) bond motifs is 1. The fourth-order valence-corrected chi connectivity index (χ4v) is 2.65. The van der Waals surface area contributed by atoms with Crippen molar-refractivity contribution in [3.63, 3.8) is 0 Å². The van der Waals surface area contributed by atoms with Gasteiger partial charge in [-0.3, -0.25) is 0 Å². The van der Waals surface area contributed by atoms with Crippen LogP contribution >= 0.6 is 0 Å². The maximum absolute atomic E-state index is 3.53. The summed E-state index contributed by atoms with van der Waals surface area (Å²) in [5.74, 6) is 0. The standard InChI is InChI=1S/C16H20N2/c1-12-4-5-14-10-15(7-6-13(14)9-12)18-11-16-3-2-8-17-16/h4-7,9-10,16-18H,2-3,8,11H2,1H3. The molecule has 0 amide bonds. The Bertz CT molecular complexity index is 542. The Hall–Kier alpha value is -1.54. The van der Waals surface area contributed by atoms with Crippen LogP contribution in [0.5, 0.6) is 0 Å². The summed E-state index contributed by atoms with van der Waals surface area (Å²) < 4.78 is 0. The van der Waals surface area contributed by atoms with Gasteiger partial charge in [-0.05, 0) is 49.2 Å². The SMILES string of the molecule is Cc1ccc2cc(NCC3CCCN3)ccc2c1. The van der Waals surface area contributed by atoms with Gasteiger partial charge in [0.15, 0.2) is 0 Å². The third-order valence-corrected chi connectivity index (χ3v) is 3.71. The van der Waals surface area contributed by atoms with Gasteiger partial charge in [0.25, 0.3) is 0 Å². The van der Waals surface area contributed by atoms with Gasteiger partial charge in [-0.1, -0.05) is 29.8 Å². The smallest absolute Gasteiger partial charge is 0.0347 e. The molecule has 0 aromatic heterocycles. The van der Waals surface area contributed by atoms with Crippen molar-refractivity contribution >= 4 is 16.5 Å². The summed E-state index contributed by atoms with van der Waals surface area (Å²) in [4.78, 5) is 0. The van der Waals surface area contributed by atoms with E-state index in [0.717, 1.165) is 6.54 Å². The molecule has 0 saturated carbocycles. The Labute approximate surface area is 108 Å². The molecule has 1 aliphatic rings. The highest BCUT2D eigenvalue weighted by atomic mass is 15.0. The summed E-state index contributed by atoms with van der Waals surface area (Å²) in [5.41, 5.74) is 2.54. The molecule has 1 saturated heterocycles. The summed E-state index contributed by atoms with van der Waals surface area (Å²) in [5, 5.41) is 9.67. The fraction of sp³-hybridized carbons (Fsp3) is 0.375. The van der Waals surface area contributed by atoms with Crippen molar-refractivity contribution in [2.24, 2.45) is 0 Å². The fourth-order valence-electron chi connectivity index (χ4n) is 2.65. The van der Waals surface area contributed by atoms with E-state index in [-0.39, 0.29) is 0 Å². The maximum Gasteiger partial charge on any atom is 0.0347 e. The predicted molar refractivity (Wildman–Crippen MR) is 78.2 cm³/mol. The number of benzene rings is 2. The van der Waals surface area contributed by atoms with Crippen LogP contribution in [0.25, 0.3) is 10.8 Å². The number of rotatable bonds is 3. The van der Waals surface area contributed by atoms with Crippen LogP contribution in [0.15, 0.2) is 36.4 Å². The van der Waals surface area contributed by atoms with Gasteiger partial charge in [-0.15, -0.1) is 0 Å². The second-order valence-corrected chi connectivity index (χ2v) is 5.24. The lowest BCUT2D eigenvalue weighted by molar-refractivity contribution is 0.633. The lowest BCUT2D eigenvalue weighted by Gasteiger charge is -2.13. The Balaban J connectivity index is 1.74. The first kappa shape index (κ1) is 11.5. The molecule has 0 radical (unpaired) electrons. The van der Waals surface area contributed by atoms with E-state index in [4.69, 9.17) is 0 Å². The summed E-state index contributed by atoms with van der Waals surface area (Å²) in [7, 11) is 0. The predicted octanol–water partition coefficient (Wildman–Crippen LogP) is 3.31. The van der Waals surface area contributed by atoms with Gasteiger partial charge in [0, 0.05) is 18.3 Å². The molecule has 94 valence electrons. The third kappa shape index (κ3) is 2.49. The molecule has 1 unspecified atom stereocenters. The number of nitrogens with one attached hydrogen (secondary N) is 2. The van der Waals surface area contributed by atoms with E-state index < -0.39 is 0 Å². The van der Waals surface area contributed by atoms with Crippen molar-refractivity contribution in [2.45, 2.75) is 25.8 Å². The minimum atomic E-state index is 0.638. The van der Waals surface area contributed by atoms with E-state index in [2.05, 4.69) is 54.0 Å². The van der Waals surface area contributed by atoms with Crippen molar-refractivity contribution in [2.75, 3.05) is 18.4 Å².